The Hall–Kier alpha value is -2.57. The highest BCUT2D eigenvalue weighted by Gasteiger charge is 2.32. The minimum absolute atomic E-state index is 0.190. The van der Waals surface area contributed by atoms with Crippen molar-refractivity contribution in [3.05, 3.63) is 48.0 Å². The Morgan fingerprint density at radius 1 is 1.29 bits per heavy atom. The SMILES string of the molecule is COc1cc(N2C[C@H](CO)OC2=O)ccc1-c1ccc(CN)cc1. The van der Waals surface area contributed by atoms with E-state index in [4.69, 9.17) is 20.3 Å². The van der Waals surface area contributed by atoms with Crippen LogP contribution in [0.15, 0.2) is 42.5 Å². The van der Waals surface area contributed by atoms with Crippen molar-refractivity contribution in [3.63, 3.8) is 0 Å². The number of methoxy groups -OCH3 is 1. The van der Waals surface area contributed by atoms with Gasteiger partial charge in [0.15, 0.2) is 0 Å². The quantitative estimate of drug-likeness (QED) is 0.878. The van der Waals surface area contributed by atoms with E-state index < -0.39 is 12.2 Å². The summed E-state index contributed by atoms with van der Waals surface area (Å²) in [6.45, 7) is 0.632. The Bertz CT molecular complexity index is 730. The number of benzene rings is 2. The van der Waals surface area contributed by atoms with Crippen LogP contribution in [0.1, 0.15) is 5.56 Å². The van der Waals surface area contributed by atoms with Crippen LogP contribution in [-0.2, 0) is 11.3 Å². The Labute approximate surface area is 140 Å². The van der Waals surface area contributed by atoms with E-state index in [-0.39, 0.29) is 6.61 Å². The Kier molecular flexibility index (Phi) is 4.69. The van der Waals surface area contributed by atoms with Crippen molar-refractivity contribution in [2.24, 2.45) is 5.73 Å². The average molecular weight is 328 g/mol. The van der Waals surface area contributed by atoms with Gasteiger partial charge in [0, 0.05) is 18.2 Å². The normalized spacial score (nSPS) is 17.0. The van der Waals surface area contributed by atoms with E-state index in [1.165, 1.54) is 4.90 Å². The third kappa shape index (κ3) is 3.06. The molecule has 2 aromatic rings. The molecule has 3 rings (SSSR count). The predicted molar refractivity (Wildman–Crippen MR) is 91.0 cm³/mol. The molecule has 2 aromatic carbocycles. The number of ether oxygens (including phenoxy) is 2. The van der Waals surface area contributed by atoms with Gasteiger partial charge in [-0.3, -0.25) is 4.90 Å². The van der Waals surface area contributed by atoms with Crippen LogP contribution in [0, 0.1) is 0 Å². The fraction of sp³-hybridized carbons (Fsp3) is 0.278. The smallest absolute Gasteiger partial charge is 0.414 e. The molecule has 0 radical (unpaired) electrons. The number of aliphatic hydroxyl groups excluding tert-OH is 1. The van der Waals surface area contributed by atoms with Crippen LogP contribution in [0.4, 0.5) is 10.5 Å². The van der Waals surface area contributed by atoms with E-state index in [1.807, 2.05) is 36.4 Å². The topological polar surface area (TPSA) is 85.0 Å². The first-order valence-electron chi connectivity index (χ1n) is 7.72. The van der Waals surface area contributed by atoms with Crippen molar-refractivity contribution >= 4 is 11.8 Å². The second kappa shape index (κ2) is 6.90. The van der Waals surface area contributed by atoms with Crippen molar-refractivity contribution in [3.8, 4) is 16.9 Å². The molecule has 1 aliphatic heterocycles. The molecule has 0 spiro atoms. The highest BCUT2D eigenvalue weighted by atomic mass is 16.6. The molecule has 6 nitrogen and oxygen atoms in total. The van der Waals surface area contributed by atoms with E-state index in [0.717, 1.165) is 16.7 Å². The van der Waals surface area contributed by atoms with Gasteiger partial charge in [-0.05, 0) is 23.3 Å². The highest BCUT2D eigenvalue weighted by molar-refractivity contribution is 5.91. The molecule has 0 saturated carbocycles. The lowest BCUT2D eigenvalue weighted by Gasteiger charge is -2.16. The zero-order valence-corrected chi connectivity index (χ0v) is 13.4. The first-order valence-corrected chi connectivity index (χ1v) is 7.72. The molecule has 0 aromatic heterocycles. The lowest BCUT2D eigenvalue weighted by atomic mass is 10.0. The first kappa shape index (κ1) is 16.3. The number of nitrogens with two attached hydrogens (primary N) is 1. The number of rotatable bonds is 5. The third-order valence-electron chi connectivity index (χ3n) is 4.08. The summed E-state index contributed by atoms with van der Waals surface area (Å²) in [5, 5.41) is 9.15. The fourth-order valence-electron chi connectivity index (χ4n) is 2.73. The van der Waals surface area contributed by atoms with Gasteiger partial charge in [-0.25, -0.2) is 4.79 Å². The molecule has 6 heteroatoms. The van der Waals surface area contributed by atoms with Gasteiger partial charge in [0.1, 0.15) is 11.9 Å². The van der Waals surface area contributed by atoms with Crippen LogP contribution in [0.3, 0.4) is 0 Å². The van der Waals surface area contributed by atoms with Crippen LogP contribution in [-0.4, -0.2) is 37.6 Å². The summed E-state index contributed by atoms with van der Waals surface area (Å²) >= 11 is 0. The molecule has 1 saturated heterocycles. The molecular formula is C18H20N2O4. The monoisotopic (exact) mass is 328 g/mol. The van der Waals surface area contributed by atoms with Gasteiger partial charge >= 0.3 is 6.09 Å². The van der Waals surface area contributed by atoms with E-state index >= 15 is 0 Å². The van der Waals surface area contributed by atoms with Crippen molar-refractivity contribution < 1.29 is 19.4 Å². The average Bonchev–Trinajstić information content (AvgIpc) is 3.02. The first-order chi connectivity index (χ1) is 11.7. The van der Waals surface area contributed by atoms with Crippen molar-refractivity contribution in [1.29, 1.82) is 0 Å². The lowest BCUT2D eigenvalue weighted by molar-refractivity contribution is 0.0963. The highest BCUT2D eigenvalue weighted by Crippen LogP contribution is 2.35. The standard InChI is InChI=1S/C18H20N2O4/c1-23-17-8-14(20-10-15(11-21)24-18(20)22)6-7-16(17)13-4-2-12(9-19)3-5-13/h2-8,15,21H,9-11,19H2,1H3/t15-/m1/s1. The zero-order chi connectivity index (χ0) is 17.1. The number of nitrogens with zero attached hydrogens (tertiary/aromatic N) is 1. The minimum atomic E-state index is -0.494. The summed E-state index contributed by atoms with van der Waals surface area (Å²) in [4.78, 5) is 13.4. The predicted octanol–water partition coefficient (Wildman–Crippen LogP) is 2.14. The molecular weight excluding hydrogens is 308 g/mol. The summed E-state index contributed by atoms with van der Waals surface area (Å²) in [5.74, 6) is 0.660. The molecule has 126 valence electrons. The van der Waals surface area contributed by atoms with Crippen LogP contribution in [0.5, 0.6) is 5.75 Å². The maximum Gasteiger partial charge on any atom is 0.414 e. The number of hydrogen-bond acceptors (Lipinski definition) is 5. The number of cyclic esters (lactones) is 1. The molecule has 0 bridgehead atoms. The number of aliphatic hydroxyl groups is 1. The number of amides is 1. The summed E-state index contributed by atoms with van der Waals surface area (Å²) in [6, 6.07) is 13.5. The van der Waals surface area contributed by atoms with Crippen molar-refractivity contribution in [2.75, 3.05) is 25.2 Å². The maximum atomic E-state index is 11.9. The van der Waals surface area contributed by atoms with Gasteiger partial charge in [-0.1, -0.05) is 24.3 Å². The number of hydrogen-bond donors (Lipinski definition) is 2. The van der Waals surface area contributed by atoms with Gasteiger partial charge in [0.25, 0.3) is 0 Å². The summed E-state index contributed by atoms with van der Waals surface area (Å²) in [6.07, 6.45) is -0.955. The zero-order valence-electron chi connectivity index (χ0n) is 13.4. The van der Waals surface area contributed by atoms with Gasteiger partial charge in [-0.15, -0.1) is 0 Å². The van der Waals surface area contributed by atoms with Crippen LogP contribution in [0.2, 0.25) is 0 Å². The van der Waals surface area contributed by atoms with Gasteiger partial charge in [-0.2, -0.15) is 0 Å². The molecule has 1 amide bonds. The molecule has 3 N–H and O–H groups in total. The lowest BCUT2D eigenvalue weighted by Crippen LogP contribution is -2.25. The van der Waals surface area contributed by atoms with Crippen molar-refractivity contribution in [2.45, 2.75) is 12.6 Å². The maximum absolute atomic E-state index is 11.9. The molecule has 0 unspecified atom stereocenters. The molecule has 1 fully saturated rings. The largest absolute Gasteiger partial charge is 0.496 e. The summed E-state index contributed by atoms with van der Waals surface area (Å²) in [5.41, 5.74) is 9.30. The minimum Gasteiger partial charge on any atom is -0.496 e. The van der Waals surface area contributed by atoms with Crippen molar-refractivity contribution in [1.82, 2.24) is 0 Å². The molecule has 24 heavy (non-hydrogen) atoms. The Morgan fingerprint density at radius 3 is 2.62 bits per heavy atom. The Morgan fingerprint density at radius 2 is 2.04 bits per heavy atom. The van der Waals surface area contributed by atoms with Crippen LogP contribution >= 0.6 is 0 Å². The molecule has 1 heterocycles. The van der Waals surface area contributed by atoms with E-state index in [0.29, 0.717) is 24.5 Å². The second-order valence-electron chi connectivity index (χ2n) is 5.58. The number of carbonyl (C=O) groups is 1. The second-order valence-corrected chi connectivity index (χ2v) is 5.58. The van der Waals surface area contributed by atoms with E-state index in [2.05, 4.69) is 0 Å². The van der Waals surface area contributed by atoms with Crippen LogP contribution in [0.25, 0.3) is 11.1 Å². The van der Waals surface area contributed by atoms with Gasteiger partial charge in [0.05, 0.1) is 25.9 Å². The molecule has 1 atom stereocenters. The summed E-state index contributed by atoms with van der Waals surface area (Å²) < 4.78 is 10.6. The van der Waals surface area contributed by atoms with E-state index in [1.54, 1.807) is 13.2 Å². The fourth-order valence-corrected chi connectivity index (χ4v) is 2.73. The van der Waals surface area contributed by atoms with E-state index in [9.17, 15) is 4.79 Å². The summed E-state index contributed by atoms with van der Waals surface area (Å²) in [7, 11) is 1.59. The van der Waals surface area contributed by atoms with Gasteiger partial charge in [0.2, 0.25) is 0 Å². The third-order valence-corrected chi connectivity index (χ3v) is 4.08. The Balaban J connectivity index is 1.92. The molecule has 0 aliphatic carbocycles. The number of anilines is 1. The molecule has 1 aliphatic rings. The van der Waals surface area contributed by atoms with Gasteiger partial charge < -0.3 is 20.3 Å². The number of carbonyl (C=O) groups excluding carboxylic acids is 1. The van der Waals surface area contributed by atoms with Crippen LogP contribution < -0.4 is 15.4 Å².